The van der Waals surface area contributed by atoms with Gasteiger partial charge in [-0.05, 0) is 51.6 Å². The van der Waals surface area contributed by atoms with Gasteiger partial charge in [0, 0.05) is 64.4 Å². The van der Waals surface area contributed by atoms with Crippen LogP contribution in [0.3, 0.4) is 0 Å². The molecule has 6 atom stereocenters. The van der Waals surface area contributed by atoms with E-state index in [-0.39, 0.29) is 53.8 Å². The first-order valence-electron chi connectivity index (χ1n) is 14.7. The molecule has 0 aromatic heterocycles. The summed E-state index contributed by atoms with van der Waals surface area (Å²) >= 11 is 0. The van der Waals surface area contributed by atoms with Gasteiger partial charge in [0.1, 0.15) is 0 Å². The Balaban J connectivity index is 1.21. The molecule has 3 saturated heterocycles. The average molecular weight is 514 g/mol. The zero-order valence-electron chi connectivity index (χ0n) is 22.3. The lowest BCUT2D eigenvalue weighted by Crippen LogP contribution is -2.71. The van der Waals surface area contributed by atoms with Crippen molar-refractivity contribution in [1.29, 1.82) is 0 Å². The zero-order valence-corrected chi connectivity index (χ0v) is 22.3. The number of Topliss-reactive ketones (excluding diaryl/α,β-unsaturated/α-hetero) is 1. The Morgan fingerprint density at radius 3 is 2.46 bits per heavy atom. The number of likely N-dealkylation sites (tertiary alicyclic amines) is 1. The molecule has 6 unspecified atom stereocenters. The molecule has 2 aliphatic carbocycles. The highest BCUT2D eigenvalue weighted by Gasteiger charge is 2.56. The molecule has 2 saturated carbocycles. The first-order chi connectivity index (χ1) is 18.0. The molecule has 1 N–H and O–H groups in total. The van der Waals surface area contributed by atoms with Crippen LogP contribution in [-0.2, 0) is 19.1 Å². The van der Waals surface area contributed by atoms with E-state index in [4.69, 9.17) is 4.74 Å². The van der Waals surface area contributed by atoms with Gasteiger partial charge >= 0.3 is 0 Å². The standard InChI is InChI=1S/C28H43N5O4/c1-19(34)31-14-16-32(17-15-31)23-9-8-20-25-27(23)37-24-7-3-2-6-22(24)33(25)18-21(26(20)35)28(36)29-10-13-30-11-4-5-12-30/h18,20,22-25,27H,2-17H2,1H3,(H,29,36). The summed E-state index contributed by atoms with van der Waals surface area (Å²) in [6.45, 7) is 8.49. The Morgan fingerprint density at radius 1 is 0.946 bits per heavy atom. The number of piperazine rings is 1. The minimum Gasteiger partial charge on any atom is -0.369 e. The molecule has 0 spiro atoms. The second kappa shape index (κ2) is 10.7. The van der Waals surface area contributed by atoms with Gasteiger partial charge in [0.25, 0.3) is 5.91 Å². The second-order valence-corrected chi connectivity index (χ2v) is 11.9. The zero-order chi connectivity index (χ0) is 25.5. The minimum atomic E-state index is -0.208. The number of amides is 2. The van der Waals surface area contributed by atoms with E-state index in [1.807, 2.05) is 11.1 Å². The first-order valence-corrected chi connectivity index (χ1v) is 14.7. The molecular weight excluding hydrogens is 470 g/mol. The third-order valence-electron chi connectivity index (χ3n) is 9.89. The van der Waals surface area contributed by atoms with Crippen molar-refractivity contribution < 1.29 is 19.1 Å². The quantitative estimate of drug-likeness (QED) is 0.549. The lowest BCUT2D eigenvalue weighted by atomic mass is 9.70. The van der Waals surface area contributed by atoms with Crippen LogP contribution in [0.2, 0.25) is 0 Å². The van der Waals surface area contributed by atoms with Gasteiger partial charge in [-0.25, -0.2) is 0 Å². The molecule has 0 radical (unpaired) electrons. The van der Waals surface area contributed by atoms with Crippen molar-refractivity contribution in [2.75, 3.05) is 52.4 Å². The van der Waals surface area contributed by atoms with Gasteiger partial charge in [0.2, 0.25) is 5.91 Å². The summed E-state index contributed by atoms with van der Waals surface area (Å²) in [7, 11) is 0. The maximum absolute atomic E-state index is 13.7. The largest absolute Gasteiger partial charge is 0.369 e. The molecule has 37 heavy (non-hydrogen) atoms. The topological polar surface area (TPSA) is 85.4 Å². The number of carbonyl (C=O) groups is 3. The van der Waals surface area contributed by atoms with Gasteiger partial charge in [-0.1, -0.05) is 12.8 Å². The smallest absolute Gasteiger partial charge is 0.256 e. The molecule has 9 heteroatoms. The van der Waals surface area contributed by atoms with E-state index in [1.165, 1.54) is 25.7 Å². The molecule has 4 aliphatic heterocycles. The van der Waals surface area contributed by atoms with Crippen molar-refractivity contribution >= 4 is 17.6 Å². The van der Waals surface area contributed by atoms with Crippen molar-refractivity contribution in [3.8, 4) is 0 Å². The van der Waals surface area contributed by atoms with Gasteiger partial charge in [0.15, 0.2) is 5.78 Å². The van der Waals surface area contributed by atoms with Crippen molar-refractivity contribution in [3.63, 3.8) is 0 Å². The summed E-state index contributed by atoms with van der Waals surface area (Å²) in [5.74, 6) is -0.252. The Hall–Kier alpha value is -1.97. The van der Waals surface area contributed by atoms with Crippen LogP contribution in [0.25, 0.3) is 0 Å². The molecule has 204 valence electrons. The lowest BCUT2D eigenvalue weighted by molar-refractivity contribution is -0.202. The van der Waals surface area contributed by atoms with Crippen LogP contribution >= 0.6 is 0 Å². The number of nitrogens with one attached hydrogen (secondary N) is 1. The number of hydrogen-bond acceptors (Lipinski definition) is 7. The molecule has 0 aromatic carbocycles. The number of nitrogens with zero attached hydrogens (tertiary/aromatic N) is 4. The van der Waals surface area contributed by atoms with E-state index >= 15 is 0 Å². The van der Waals surface area contributed by atoms with Gasteiger partial charge in [-0.2, -0.15) is 0 Å². The molecule has 6 rings (SSSR count). The summed E-state index contributed by atoms with van der Waals surface area (Å²) in [5.41, 5.74) is 0.348. The fourth-order valence-corrected chi connectivity index (χ4v) is 7.93. The van der Waals surface area contributed by atoms with Crippen molar-refractivity contribution in [1.82, 2.24) is 24.9 Å². The highest BCUT2D eigenvalue weighted by molar-refractivity contribution is 6.20. The number of fused-ring (bicyclic) bond motifs is 2. The normalized spacial score (nSPS) is 36.6. The maximum atomic E-state index is 13.7. The molecule has 2 amide bonds. The molecule has 0 bridgehead atoms. The summed E-state index contributed by atoms with van der Waals surface area (Å²) in [4.78, 5) is 48.0. The van der Waals surface area contributed by atoms with E-state index in [2.05, 4.69) is 20.0 Å². The summed E-state index contributed by atoms with van der Waals surface area (Å²) in [6, 6.07) is 0.488. The SMILES string of the molecule is CC(=O)N1CCN(C2CCC3C(=O)C(C(=O)NCCN4CCCC4)=CN4C5CCCCC5OC2C34)CC1. The number of ketones is 1. The van der Waals surface area contributed by atoms with E-state index in [9.17, 15) is 14.4 Å². The van der Waals surface area contributed by atoms with Gasteiger partial charge in [0.05, 0.1) is 29.9 Å². The van der Waals surface area contributed by atoms with Crippen molar-refractivity contribution in [2.45, 2.75) is 88.6 Å². The molecular formula is C28H43N5O4. The van der Waals surface area contributed by atoms with E-state index in [1.54, 1.807) is 6.92 Å². The molecule has 9 nitrogen and oxygen atoms in total. The molecule has 0 aromatic rings. The van der Waals surface area contributed by atoms with Crippen LogP contribution in [0, 0.1) is 5.92 Å². The van der Waals surface area contributed by atoms with Crippen LogP contribution in [0.1, 0.15) is 58.3 Å². The van der Waals surface area contributed by atoms with Crippen LogP contribution in [-0.4, -0.2) is 120 Å². The predicted molar refractivity (Wildman–Crippen MR) is 139 cm³/mol. The number of ether oxygens (including phenoxy) is 1. The first kappa shape index (κ1) is 25.3. The van der Waals surface area contributed by atoms with Crippen molar-refractivity contribution in [3.05, 3.63) is 11.8 Å². The van der Waals surface area contributed by atoms with Crippen LogP contribution in [0.15, 0.2) is 11.8 Å². The van der Waals surface area contributed by atoms with E-state index in [0.29, 0.717) is 12.1 Å². The fourth-order valence-electron chi connectivity index (χ4n) is 7.93. The number of hydrogen-bond donors (Lipinski definition) is 1. The number of carbonyl (C=O) groups excluding carboxylic acids is 3. The maximum Gasteiger partial charge on any atom is 0.256 e. The highest BCUT2D eigenvalue weighted by atomic mass is 16.5. The summed E-state index contributed by atoms with van der Waals surface area (Å²) < 4.78 is 6.89. The molecule has 4 heterocycles. The van der Waals surface area contributed by atoms with Crippen molar-refractivity contribution in [2.24, 2.45) is 5.92 Å². The third-order valence-corrected chi connectivity index (χ3v) is 9.89. The van der Waals surface area contributed by atoms with Crippen LogP contribution in [0.4, 0.5) is 0 Å². The molecule has 6 aliphatic rings. The average Bonchev–Trinajstić information content (AvgIpc) is 3.43. The van der Waals surface area contributed by atoms with E-state index in [0.717, 1.165) is 71.5 Å². The summed E-state index contributed by atoms with van der Waals surface area (Å²) in [6.07, 6.45) is 10.6. The Bertz CT molecular complexity index is 926. The fraction of sp³-hybridized carbons (Fsp3) is 0.821. The summed E-state index contributed by atoms with van der Waals surface area (Å²) in [5, 5.41) is 3.06. The number of morpholine rings is 1. The van der Waals surface area contributed by atoms with Gasteiger partial charge in [-0.3, -0.25) is 19.3 Å². The Labute approximate surface area is 220 Å². The Morgan fingerprint density at radius 2 is 1.70 bits per heavy atom. The van der Waals surface area contributed by atoms with Gasteiger partial charge < -0.3 is 24.8 Å². The lowest BCUT2D eigenvalue weighted by Gasteiger charge is -2.60. The second-order valence-electron chi connectivity index (χ2n) is 11.9. The predicted octanol–water partition coefficient (Wildman–Crippen LogP) is 0.988. The van der Waals surface area contributed by atoms with Gasteiger partial charge in [-0.15, -0.1) is 0 Å². The van der Waals surface area contributed by atoms with Crippen LogP contribution < -0.4 is 5.32 Å². The minimum absolute atomic E-state index is 0.00223. The highest BCUT2D eigenvalue weighted by Crippen LogP contribution is 2.46. The van der Waals surface area contributed by atoms with E-state index < -0.39 is 0 Å². The monoisotopic (exact) mass is 513 g/mol. The third kappa shape index (κ3) is 4.83. The molecule has 5 fully saturated rings. The number of rotatable bonds is 5. The Kier molecular flexibility index (Phi) is 7.29. The van der Waals surface area contributed by atoms with Crippen LogP contribution in [0.5, 0.6) is 0 Å².